The highest BCUT2D eigenvalue weighted by atomic mass is 19.1. The maximum absolute atomic E-state index is 13.2. The lowest BCUT2D eigenvalue weighted by Crippen LogP contribution is -2.51. The number of urea groups is 1. The Morgan fingerprint density at radius 2 is 2.21 bits per heavy atom. The number of carboxylic acid groups (broad SMARTS) is 1. The molecule has 0 radical (unpaired) electrons. The summed E-state index contributed by atoms with van der Waals surface area (Å²) in [5.41, 5.74) is -0.677. The monoisotopic (exact) mass is 266 g/mol. The Kier molecular flexibility index (Phi) is 3.18. The maximum Gasteiger partial charge on any atom is 0.329 e. The van der Waals surface area contributed by atoms with E-state index in [1.165, 1.54) is 30.9 Å². The second-order valence-electron chi connectivity index (χ2n) is 5.03. The number of amides is 2. The zero-order chi connectivity index (χ0) is 14.2. The predicted octanol–water partition coefficient (Wildman–Crippen LogP) is 1.76. The van der Waals surface area contributed by atoms with Crippen LogP contribution in [0.3, 0.4) is 0 Å². The van der Waals surface area contributed by atoms with Crippen LogP contribution in [-0.2, 0) is 4.79 Å². The van der Waals surface area contributed by atoms with Gasteiger partial charge in [0, 0.05) is 6.54 Å². The van der Waals surface area contributed by atoms with Crippen molar-refractivity contribution >= 4 is 12.0 Å². The van der Waals surface area contributed by atoms with E-state index in [4.69, 9.17) is 5.11 Å². The van der Waals surface area contributed by atoms with E-state index in [1.807, 2.05) is 0 Å². The first-order valence-electron chi connectivity index (χ1n) is 5.89. The molecule has 1 aromatic rings. The minimum Gasteiger partial charge on any atom is -0.480 e. The van der Waals surface area contributed by atoms with E-state index >= 15 is 0 Å². The number of carbonyl (C=O) groups excluding carboxylic acids is 1. The topological polar surface area (TPSA) is 69.6 Å². The molecule has 0 bridgehead atoms. The molecule has 0 saturated carbocycles. The Hall–Kier alpha value is -2.11. The van der Waals surface area contributed by atoms with E-state index < -0.39 is 23.6 Å². The molecule has 1 aliphatic heterocycles. The van der Waals surface area contributed by atoms with Crippen LogP contribution in [-0.4, -0.2) is 34.1 Å². The van der Waals surface area contributed by atoms with Crippen LogP contribution in [0.5, 0.6) is 0 Å². The molecule has 19 heavy (non-hydrogen) atoms. The molecule has 1 saturated heterocycles. The van der Waals surface area contributed by atoms with Gasteiger partial charge in [0.1, 0.15) is 11.4 Å². The lowest BCUT2D eigenvalue weighted by atomic mass is 10.0. The zero-order valence-corrected chi connectivity index (χ0v) is 10.7. The van der Waals surface area contributed by atoms with Gasteiger partial charge in [-0.25, -0.2) is 14.0 Å². The number of benzene rings is 1. The molecular formula is C13H15FN2O3. The van der Waals surface area contributed by atoms with Gasteiger partial charge in [-0.3, -0.25) is 0 Å². The van der Waals surface area contributed by atoms with Crippen LogP contribution in [0.15, 0.2) is 24.3 Å². The fraction of sp³-hybridized carbons (Fsp3) is 0.385. The summed E-state index contributed by atoms with van der Waals surface area (Å²) in [6.07, 6.45) is 0. The van der Waals surface area contributed by atoms with Gasteiger partial charge in [-0.05, 0) is 31.5 Å². The standard InChI is InChI=1S/C13H15FN2O3/c1-13(2,11(17)18)16-7-10(15-12(16)19)8-4-3-5-9(14)6-8/h3-6,10H,7H2,1-2H3,(H,15,19)(H,17,18). The number of aliphatic carboxylic acids is 1. The summed E-state index contributed by atoms with van der Waals surface area (Å²) in [6, 6.07) is 5.05. The Balaban J connectivity index is 2.23. The van der Waals surface area contributed by atoms with Crippen LogP contribution in [0, 0.1) is 5.82 Å². The largest absolute Gasteiger partial charge is 0.480 e. The normalized spacial score (nSPS) is 19.4. The zero-order valence-electron chi connectivity index (χ0n) is 10.7. The molecule has 5 nitrogen and oxygen atoms in total. The first-order chi connectivity index (χ1) is 8.82. The van der Waals surface area contributed by atoms with E-state index in [-0.39, 0.29) is 12.4 Å². The summed E-state index contributed by atoms with van der Waals surface area (Å²) in [7, 11) is 0. The average Bonchev–Trinajstić information content (AvgIpc) is 2.72. The third-order valence-corrected chi connectivity index (χ3v) is 3.36. The van der Waals surface area contributed by atoms with E-state index in [0.717, 1.165) is 0 Å². The van der Waals surface area contributed by atoms with Crippen molar-refractivity contribution in [3.05, 3.63) is 35.6 Å². The molecule has 0 spiro atoms. The van der Waals surface area contributed by atoms with Gasteiger partial charge in [0.2, 0.25) is 0 Å². The number of hydrogen-bond acceptors (Lipinski definition) is 2. The Morgan fingerprint density at radius 3 is 2.79 bits per heavy atom. The highest BCUT2D eigenvalue weighted by molar-refractivity contribution is 5.87. The van der Waals surface area contributed by atoms with Crippen LogP contribution in [0.2, 0.25) is 0 Å². The molecule has 2 amide bonds. The van der Waals surface area contributed by atoms with Crippen LogP contribution in [0.1, 0.15) is 25.5 Å². The molecule has 6 heteroatoms. The molecule has 2 N–H and O–H groups in total. The fourth-order valence-corrected chi connectivity index (χ4v) is 2.05. The smallest absolute Gasteiger partial charge is 0.329 e. The minimum atomic E-state index is -1.30. The van der Waals surface area contributed by atoms with Gasteiger partial charge in [-0.2, -0.15) is 0 Å². The molecule has 1 aromatic carbocycles. The number of carbonyl (C=O) groups is 2. The van der Waals surface area contributed by atoms with Gasteiger partial charge in [-0.1, -0.05) is 12.1 Å². The lowest BCUT2D eigenvalue weighted by molar-refractivity contribution is -0.147. The number of hydrogen-bond donors (Lipinski definition) is 2. The lowest BCUT2D eigenvalue weighted by Gasteiger charge is -2.30. The number of halogens is 1. The maximum atomic E-state index is 13.2. The number of carboxylic acids is 1. The van der Waals surface area contributed by atoms with Crippen molar-refractivity contribution in [2.45, 2.75) is 25.4 Å². The summed E-state index contributed by atoms with van der Waals surface area (Å²) in [5, 5.41) is 11.8. The van der Waals surface area contributed by atoms with Crippen molar-refractivity contribution in [2.24, 2.45) is 0 Å². The van der Waals surface area contributed by atoms with E-state index in [2.05, 4.69) is 5.32 Å². The van der Waals surface area contributed by atoms with Crippen LogP contribution in [0.25, 0.3) is 0 Å². The Labute approximate surface area is 110 Å². The third kappa shape index (κ3) is 2.38. The Bertz CT molecular complexity index is 530. The minimum absolute atomic E-state index is 0.196. The summed E-state index contributed by atoms with van der Waals surface area (Å²) >= 11 is 0. The highest BCUT2D eigenvalue weighted by Crippen LogP contribution is 2.26. The van der Waals surface area contributed by atoms with Gasteiger partial charge in [0.25, 0.3) is 0 Å². The molecule has 0 aromatic heterocycles. The molecule has 0 aliphatic carbocycles. The molecule has 1 aliphatic rings. The van der Waals surface area contributed by atoms with Gasteiger partial charge in [0.05, 0.1) is 6.04 Å². The number of nitrogens with zero attached hydrogens (tertiary/aromatic N) is 1. The van der Waals surface area contributed by atoms with Crippen molar-refractivity contribution in [2.75, 3.05) is 6.54 Å². The van der Waals surface area contributed by atoms with Crippen molar-refractivity contribution in [3.8, 4) is 0 Å². The molecule has 1 unspecified atom stereocenters. The molecule has 102 valence electrons. The van der Waals surface area contributed by atoms with Gasteiger partial charge in [-0.15, -0.1) is 0 Å². The quantitative estimate of drug-likeness (QED) is 0.875. The first kappa shape index (κ1) is 13.3. The summed E-state index contributed by atoms with van der Waals surface area (Å²) in [6.45, 7) is 3.12. The fourth-order valence-electron chi connectivity index (χ4n) is 2.05. The first-order valence-corrected chi connectivity index (χ1v) is 5.89. The van der Waals surface area contributed by atoms with Gasteiger partial charge >= 0.3 is 12.0 Å². The number of nitrogens with one attached hydrogen (secondary N) is 1. The van der Waals surface area contributed by atoms with Crippen LogP contribution in [0.4, 0.5) is 9.18 Å². The summed E-state index contributed by atoms with van der Waals surface area (Å²) < 4.78 is 13.2. The Morgan fingerprint density at radius 1 is 1.53 bits per heavy atom. The molecule has 1 atom stereocenters. The van der Waals surface area contributed by atoms with E-state index in [0.29, 0.717) is 5.56 Å². The number of rotatable bonds is 3. The third-order valence-electron chi connectivity index (χ3n) is 3.36. The van der Waals surface area contributed by atoms with Crippen molar-refractivity contribution < 1.29 is 19.1 Å². The predicted molar refractivity (Wildman–Crippen MR) is 66.1 cm³/mol. The van der Waals surface area contributed by atoms with Gasteiger partial charge < -0.3 is 15.3 Å². The van der Waals surface area contributed by atoms with Crippen molar-refractivity contribution in [1.82, 2.24) is 10.2 Å². The second-order valence-corrected chi connectivity index (χ2v) is 5.03. The molecular weight excluding hydrogens is 251 g/mol. The van der Waals surface area contributed by atoms with E-state index in [1.54, 1.807) is 12.1 Å². The van der Waals surface area contributed by atoms with Crippen molar-refractivity contribution in [1.29, 1.82) is 0 Å². The molecule has 1 fully saturated rings. The van der Waals surface area contributed by atoms with Crippen LogP contribution < -0.4 is 5.32 Å². The summed E-state index contributed by atoms with van der Waals surface area (Å²) in [5.74, 6) is -1.47. The average molecular weight is 266 g/mol. The summed E-state index contributed by atoms with van der Waals surface area (Å²) in [4.78, 5) is 24.3. The second kappa shape index (κ2) is 4.53. The van der Waals surface area contributed by atoms with Gasteiger partial charge in [0.15, 0.2) is 0 Å². The van der Waals surface area contributed by atoms with Crippen LogP contribution >= 0.6 is 0 Å². The highest BCUT2D eigenvalue weighted by Gasteiger charge is 2.43. The SMILES string of the molecule is CC(C)(C(=O)O)N1CC(c2cccc(F)c2)NC1=O. The molecule has 2 rings (SSSR count). The van der Waals surface area contributed by atoms with Crippen molar-refractivity contribution in [3.63, 3.8) is 0 Å². The van der Waals surface area contributed by atoms with E-state index in [9.17, 15) is 14.0 Å². The molecule has 1 heterocycles.